The summed E-state index contributed by atoms with van der Waals surface area (Å²) in [6.07, 6.45) is -0.223. The van der Waals surface area contributed by atoms with Gasteiger partial charge >= 0.3 is 7.82 Å². The lowest BCUT2D eigenvalue weighted by Gasteiger charge is -2.19. The maximum absolute atomic E-state index is 10.3. The molecule has 8 nitrogen and oxygen atoms in total. The van der Waals surface area contributed by atoms with Gasteiger partial charge in [0, 0.05) is 6.21 Å². The predicted molar refractivity (Wildman–Crippen MR) is 50.8 cm³/mol. The van der Waals surface area contributed by atoms with Gasteiger partial charge in [0.25, 0.3) is 0 Å². The van der Waals surface area contributed by atoms with Gasteiger partial charge < -0.3 is 20.0 Å². The highest BCUT2D eigenvalue weighted by molar-refractivity contribution is 7.46. The topological polar surface area (TPSA) is 132 Å². The molecule has 15 heavy (non-hydrogen) atoms. The van der Waals surface area contributed by atoms with Crippen LogP contribution < -0.4 is 0 Å². The van der Waals surface area contributed by atoms with E-state index in [0.29, 0.717) is 0 Å². The summed E-state index contributed by atoms with van der Waals surface area (Å²) in [7, 11) is -4.63. The lowest BCUT2D eigenvalue weighted by Crippen LogP contribution is -2.39. The molecule has 3 atom stereocenters. The number of nitrogens with zero attached hydrogens (tertiary/aromatic N) is 2. The highest BCUT2D eigenvalue weighted by atomic mass is 31.2. The summed E-state index contributed by atoms with van der Waals surface area (Å²) < 4.78 is 14.3. The smallest absolute Gasteiger partial charge is 0.388 e. The van der Waals surface area contributed by atoms with Crippen LogP contribution in [0.15, 0.2) is 9.98 Å². The highest BCUT2D eigenvalue weighted by Crippen LogP contribution is 2.35. The van der Waals surface area contributed by atoms with E-state index in [2.05, 4.69) is 14.5 Å². The molecule has 0 aromatic carbocycles. The molecule has 1 heterocycles. The van der Waals surface area contributed by atoms with E-state index in [-0.39, 0.29) is 0 Å². The van der Waals surface area contributed by atoms with Crippen molar-refractivity contribution in [2.24, 2.45) is 9.98 Å². The van der Waals surface area contributed by atoms with E-state index in [1.165, 1.54) is 12.6 Å². The molecule has 0 aromatic heterocycles. The molecule has 9 heteroatoms. The van der Waals surface area contributed by atoms with Crippen molar-refractivity contribution >= 4 is 20.4 Å². The normalized spacial score (nSPS) is 24.4. The number of hydrogen-bond acceptors (Lipinski definition) is 6. The van der Waals surface area contributed by atoms with Crippen LogP contribution in [0.3, 0.4) is 0 Å². The quantitative estimate of drug-likeness (QED) is 0.422. The van der Waals surface area contributed by atoms with Crippen LogP contribution in [0.25, 0.3) is 0 Å². The number of phosphoric ester groups is 1. The van der Waals surface area contributed by atoms with Crippen LogP contribution in [0.5, 0.6) is 0 Å². The molecule has 0 saturated heterocycles. The van der Waals surface area contributed by atoms with Crippen molar-refractivity contribution < 1.29 is 29.1 Å². The van der Waals surface area contributed by atoms with Gasteiger partial charge in [-0.2, -0.15) is 0 Å². The molecule has 4 N–H and O–H groups in total. The fourth-order valence-electron chi connectivity index (χ4n) is 0.957. The van der Waals surface area contributed by atoms with Crippen molar-refractivity contribution in [3.05, 3.63) is 0 Å². The number of phosphoric acid groups is 1. The van der Waals surface area contributed by atoms with E-state index < -0.39 is 32.7 Å². The largest absolute Gasteiger partial charge is 0.469 e. The maximum Gasteiger partial charge on any atom is 0.469 e. The van der Waals surface area contributed by atoms with Gasteiger partial charge in [-0.25, -0.2) is 9.56 Å². The summed E-state index contributed by atoms with van der Waals surface area (Å²) in [5.74, 6) is 0. The molecule has 0 saturated carbocycles. The third-order valence-electron chi connectivity index (χ3n) is 1.70. The van der Waals surface area contributed by atoms with Gasteiger partial charge in [0.05, 0.1) is 6.61 Å². The number of rotatable bonds is 5. The van der Waals surface area contributed by atoms with E-state index >= 15 is 0 Å². The van der Waals surface area contributed by atoms with E-state index in [1.54, 1.807) is 0 Å². The Morgan fingerprint density at radius 3 is 2.60 bits per heavy atom. The molecular weight excluding hydrogens is 227 g/mol. The second-order valence-corrected chi connectivity index (χ2v) is 4.14. The number of aliphatic hydroxyl groups is 2. The van der Waals surface area contributed by atoms with Gasteiger partial charge in [0.1, 0.15) is 24.6 Å². The first-order valence-corrected chi connectivity index (χ1v) is 5.54. The van der Waals surface area contributed by atoms with Crippen molar-refractivity contribution in [2.45, 2.75) is 18.2 Å². The van der Waals surface area contributed by atoms with E-state index in [9.17, 15) is 14.8 Å². The minimum absolute atomic E-state index is 0.675. The van der Waals surface area contributed by atoms with Crippen LogP contribution in [-0.4, -0.2) is 57.4 Å². The van der Waals surface area contributed by atoms with Gasteiger partial charge in [0.15, 0.2) is 0 Å². The van der Waals surface area contributed by atoms with E-state index in [4.69, 9.17) is 9.79 Å². The second kappa shape index (κ2) is 4.93. The van der Waals surface area contributed by atoms with Gasteiger partial charge in [-0.15, -0.1) is 0 Å². The van der Waals surface area contributed by atoms with Crippen molar-refractivity contribution in [3.8, 4) is 0 Å². The summed E-state index contributed by atoms with van der Waals surface area (Å²) >= 11 is 0. The van der Waals surface area contributed by atoms with E-state index in [1.807, 2.05) is 0 Å². The van der Waals surface area contributed by atoms with Crippen LogP contribution in [0.1, 0.15) is 0 Å². The van der Waals surface area contributed by atoms with E-state index in [0.717, 1.165) is 0 Å². The predicted octanol–water partition coefficient (Wildman–Crippen LogP) is -1.70. The molecule has 0 aromatic rings. The average molecular weight is 238 g/mol. The van der Waals surface area contributed by atoms with Crippen LogP contribution in [0.2, 0.25) is 0 Å². The van der Waals surface area contributed by atoms with Crippen molar-refractivity contribution in [1.29, 1.82) is 0 Å². The highest BCUT2D eigenvalue weighted by Gasteiger charge is 2.28. The fraction of sp³-hybridized carbons (Fsp3) is 0.667. The minimum Gasteiger partial charge on any atom is -0.388 e. The lowest BCUT2D eigenvalue weighted by molar-refractivity contribution is -0.0150. The van der Waals surface area contributed by atoms with Crippen molar-refractivity contribution in [3.63, 3.8) is 0 Å². The molecule has 0 radical (unpaired) electrons. The number of aliphatic hydroxyl groups excluding tert-OH is 2. The van der Waals surface area contributed by atoms with Crippen molar-refractivity contribution in [1.82, 2.24) is 0 Å². The van der Waals surface area contributed by atoms with Gasteiger partial charge in [0.2, 0.25) is 0 Å². The molecule has 0 unspecified atom stereocenters. The van der Waals surface area contributed by atoms with Gasteiger partial charge in [-0.3, -0.25) is 9.52 Å². The average Bonchev–Trinajstić information content (AvgIpc) is 2.64. The molecule has 0 bridgehead atoms. The number of aliphatic imine (C=N–C) groups is 2. The Bertz CT molecular complexity index is 301. The molecule has 1 aliphatic heterocycles. The first-order chi connectivity index (χ1) is 6.90. The Morgan fingerprint density at radius 1 is 1.47 bits per heavy atom. The van der Waals surface area contributed by atoms with Crippen molar-refractivity contribution in [2.75, 3.05) is 6.61 Å². The third kappa shape index (κ3) is 4.17. The second-order valence-electron chi connectivity index (χ2n) is 2.90. The molecule has 0 fully saturated rings. The zero-order valence-corrected chi connectivity index (χ0v) is 8.44. The van der Waals surface area contributed by atoms with Gasteiger partial charge in [-0.05, 0) is 0 Å². The Labute approximate surface area is 85.2 Å². The maximum atomic E-state index is 10.3. The third-order valence-corrected chi connectivity index (χ3v) is 2.19. The fourth-order valence-corrected chi connectivity index (χ4v) is 1.30. The lowest BCUT2D eigenvalue weighted by atomic mass is 10.1. The Kier molecular flexibility index (Phi) is 4.09. The van der Waals surface area contributed by atoms with Crippen LogP contribution >= 0.6 is 7.82 Å². The molecule has 0 spiro atoms. The first-order valence-electron chi connectivity index (χ1n) is 4.01. The zero-order chi connectivity index (χ0) is 11.5. The standard InChI is InChI=1S/C6H11N2O6P/c9-5(2-14-15(11,12)13)6(10)4-1-7-3-8-4/h1,3-6,9-10H,2H2,(H2,11,12,13)/t4-,5+,6+/m0/s1. The molecular formula is C6H11N2O6P. The summed E-state index contributed by atoms with van der Waals surface area (Å²) in [5, 5.41) is 18.7. The molecule has 0 aliphatic carbocycles. The monoisotopic (exact) mass is 238 g/mol. The first kappa shape index (κ1) is 12.4. The van der Waals surface area contributed by atoms with Gasteiger partial charge in [-0.1, -0.05) is 0 Å². The molecule has 86 valence electrons. The van der Waals surface area contributed by atoms with Crippen LogP contribution in [0, 0.1) is 0 Å². The molecule has 1 rings (SSSR count). The summed E-state index contributed by atoms with van der Waals surface area (Å²) in [6.45, 7) is -0.675. The Hall–Kier alpha value is -0.630. The SMILES string of the molecule is O=P(O)(O)OC[C@@H](O)[C@H](O)[C@@H]1C=NC=N1. The summed E-state index contributed by atoms with van der Waals surface area (Å²) in [6, 6.07) is -0.708. The zero-order valence-electron chi connectivity index (χ0n) is 7.54. The van der Waals surface area contributed by atoms with Crippen LogP contribution in [0.4, 0.5) is 0 Å². The Morgan fingerprint density at radius 2 is 2.13 bits per heavy atom. The summed E-state index contributed by atoms with van der Waals surface area (Å²) in [4.78, 5) is 24.0. The Balaban J connectivity index is 2.39. The van der Waals surface area contributed by atoms with Crippen LogP contribution in [-0.2, 0) is 9.09 Å². The minimum atomic E-state index is -4.63. The number of hydrogen-bond donors (Lipinski definition) is 4. The molecule has 0 amide bonds. The summed E-state index contributed by atoms with van der Waals surface area (Å²) in [5.41, 5.74) is 0. The molecule has 1 aliphatic rings.